The van der Waals surface area contributed by atoms with Crippen LogP contribution in [0.5, 0.6) is 11.5 Å². The largest absolute Gasteiger partial charge is 0.508 e. The van der Waals surface area contributed by atoms with Gasteiger partial charge in [-0.3, -0.25) is 0 Å². The van der Waals surface area contributed by atoms with Gasteiger partial charge < -0.3 is 19.7 Å². The van der Waals surface area contributed by atoms with Crippen molar-refractivity contribution in [3.63, 3.8) is 0 Å². The lowest BCUT2D eigenvalue weighted by Gasteiger charge is -2.25. The van der Waals surface area contributed by atoms with Crippen molar-refractivity contribution in [2.24, 2.45) is 0 Å². The van der Waals surface area contributed by atoms with Gasteiger partial charge in [-0.05, 0) is 37.8 Å². The third-order valence-electron chi connectivity index (χ3n) is 4.66. The summed E-state index contributed by atoms with van der Waals surface area (Å²) in [5.74, 6) is -0.489. The Labute approximate surface area is 149 Å². The van der Waals surface area contributed by atoms with Gasteiger partial charge in [0.25, 0.3) is 0 Å². The molecule has 1 heterocycles. The molecule has 0 bridgehead atoms. The van der Waals surface area contributed by atoms with E-state index in [-0.39, 0.29) is 28.9 Å². The first kappa shape index (κ1) is 19.3. The third kappa shape index (κ3) is 6.07. The molecule has 2 N–H and O–H groups in total. The van der Waals surface area contributed by atoms with Gasteiger partial charge in [-0.25, -0.2) is 4.79 Å². The fourth-order valence-corrected chi connectivity index (χ4v) is 3.35. The summed E-state index contributed by atoms with van der Waals surface area (Å²) in [6.45, 7) is 1.64. The molecule has 5 heteroatoms. The Balaban J connectivity index is 1.64. The van der Waals surface area contributed by atoms with E-state index in [4.69, 9.17) is 4.74 Å². The van der Waals surface area contributed by atoms with E-state index >= 15 is 0 Å². The number of carbonyl (C=O) groups excluding carboxylic acids is 2. The smallest absolute Gasteiger partial charge is 0.342 e. The second kappa shape index (κ2) is 9.44. The normalized spacial score (nSPS) is 16.4. The number of unbranched alkanes of at least 4 members (excludes halogenated alkanes) is 6. The van der Waals surface area contributed by atoms with Crippen molar-refractivity contribution in [2.45, 2.75) is 77.2 Å². The van der Waals surface area contributed by atoms with Crippen LogP contribution in [0.3, 0.4) is 0 Å². The van der Waals surface area contributed by atoms with Gasteiger partial charge in [0.15, 0.2) is 0 Å². The molecule has 0 aromatic heterocycles. The minimum absolute atomic E-state index is 0.0329. The summed E-state index contributed by atoms with van der Waals surface area (Å²) in [5, 5.41) is 19.4. The average Bonchev–Trinajstić information content (AvgIpc) is 2.51. The van der Waals surface area contributed by atoms with Crippen LogP contribution < -0.4 is 0 Å². The minimum atomic E-state index is -0.505. The number of esters is 1. The van der Waals surface area contributed by atoms with Gasteiger partial charge in [0.1, 0.15) is 28.9 Å². The van der Waals surface area contributed by atoms with Crippen molar-refractivity contribution in [1.82, 2.24) is 0 Å². The summed E-state index contributed by atoms with van der Waals surface area (Å²) in [4.78, 5) is 22.9. The second-order valence-electron chi connectivity index (χ2n) is 6.95. The van der Waals surface area contributed by atoms with Crippen LogP contribution >= 0.6 is 0 Å². The van der Waals surface area contributed by atoms with Crippen molar-refractivity contribution >= 4 is 11.8 Å². The van der Waals surface area contributed by atoms with Gasteiger partial charge in [-0.1, -0.05) is 32.1 Å². The number of rotatable bonds is 10. The highest BCUT2D eigenvalue weighted by atomic mass is 16.5. The number of phenolic OH excluding ortho intramolecular Hbond substituents is 2. The van der Waals surface area contributed by atoms with Gasteiger partial charge in [0, 0.05) is 18.9 Å². The molecule has 0 aliphatic carbocycles. The molecular formula is C20H28O5. The number of ether oxygens (including phenoxy) is 1. The van der Waals surface area contributed by atoms with E-state index in [1.165, 1.54) is 12.5 Å². The van der Waals surface area contributed by atoms with E-state index in [1.54, 1.807) is 6.92 Å². The van der Waals surface area contributed by atoms with E-state index in [9.17, 15) is 19.8 Å². The maximum atomic E-state index is 12.0. The Hall–Kier alpha value is -2.04. The van der Waals surface area contributed by atoms with Crippen molar-refractivity contribution in [3.8, 4) is 11.5 Å². The predicted octanol–water partition coefficient (Wildman–Crippen LogP) is 4.28. The van der Waals surface area contributed by atoms with Crippen LogP contribution in [0.15, 0.2) is 12.1 Å². The van der Waals surface area contributed by atoms with Crippen molar-refractivity contribution in [3.05, 3.63) is 23.3 Å². The first-order valence-electron chi connectivity index (χ1n) is 9.22. The number of phenols is 2. The molecule has 0 amide bonds. The Bertz CT molecular complexity index is 608. The summed E-state index contributed by atoms with van der Waals surface area (Å²) in [6.07, 6.45) is 9.53. The zero-order valence-corrected chi connectivity index (χ0v) is 14.9. The van der Waals surface area contributed by atoms with E-state index in [0.29, 0.717) is 18.4 Å². The van der Waals surface area contributed by atoms with E-state index < -0.39 is 5.97 Å². The molecule has 0 radical (unpaired) electrons. The molecule has 1 aliphatic heterocycles. The fourth-order valence-electron chi connectivity index (χ4n) is 3.35. The number of benzene rings is 1. The van der Waals surface area contributed by atoms with E-state index in [2.05, 4.69) is 0 Å². The molecule has 0 spiro atoms. The topological polar surface area (TPSA) is 83.8 Å². The first-order chi connectivity index (χ1) is 12.0. The number of hydrogen-bond acceptors (Lipinski definition) is 5. The molecule has 0 saturated heterocycles. The van der Waals surface area contributed by atoms with Crippen LogP contribution in [0.25, 0.3) is 0 Å². The molecule has 0 saturated carbocycles. The lowest BCUT2D eigenvalue weighted by atomic mass is 9.94. The van der Waals surface area contributed by atoms with Gasteiger partial charge in [0.2, 0.25) is 0 Å². The average molecular weight is 348 g/mol. The molecule has 138 valence electrons. The molecule has 25 heavy (non-hydrogen) atoms. The zero-order valence-electron chi connectivity index (χ0n) is 14.9. The maximum Gasteiger partial charge on any atom is 0.342 e. The van der Waals surface area contributed by atoms with Gasteiger partial charge in [-0.15, -0.1) is 0 Å². The molecule has 5 nitrogen and oxygen atoms in total. The molecule has 1 aliphatic rings. The van der Waals surface area contributed by atoms with Crippen LogP contribution in [0, 0.1) is 0 Å². The van der Waals surface area contributed by atoms with E-state index in [0.717, 1.165) is 51.0 Å². The SMILES string of the molecule is CC(=O)CCCCCCCCCC1Cc2cc(O)cc(O)c2C(=O)O1. The number of aromatic hydroxyl groups is 2. The standard InChI is InChI=1S/C20H28O5/c1-14(21)9-7-5-3-2-4-6-8-10-17-12-15-11-16(22)13-18(23)19(15)20(24)25-17/h11,13,17,22-23H,2-10,12H2,1H3. The van der Waals surface area contributed by atoms with Gasteiger partial charge >= 0.3 is 5.97 Å². The number of cyclic esters (lactones) is 1. The van der Waals surface area contributed by atoms with Crippen LogP contribution in [-0.4, -0.2) is 28.1 Å². The summed E-state index contributed by atoms with van der Waals surface area (Å²) in [6, 6.07) is 2.69. The second-order valence-corrected chi connectivity index (χ2v) is 6.95. The number of fused-ring (bicyclic) bond motifs is 1. The molecule has 1 atom stereocenters. The summed E-state index contributed by atoms with van der Waals surface area (Å²) in [7, 11) is 0. The van der Waals surface area contributed by atoms with Crippen LogP contribution in [0.4, 0.5) is 0 Å². The summed E-state index contributed by atoms with van der Waals surface area (Å²) >= 11 is 0. The highest BCUT2D eigenvalue weighted by Gasteiger charge is 2.29. The number of Topliss-reactive ketones (excluding diaryl/α,β-unsaturated/α-hetero) is 1. The van der Waals surface area contributed by atoms with E-state index in [1.807, 2.05) is 0 Å². The van der Waals surface area contributed by atoms with Crippen LogP contribution in [0.2, 0.25) is 0 Å². The maximum absolute atomic E-state index is 12.0. The van der Waals surface area contributed by atoms with Crippen LogP contribution in [0.1, 0.15) is 80.6 Å². The predicted molar refractivity (Wildman–Crippen MR) is 94.9 cm³/mol. The minimum Gasteiger partial charge on any atom is -0.508 e. The zero-order chi connectivity index (χ0) is 18.2. The number of ketones is 1. The highest BCUT2D eigenvalue weighted by molar-refractivity contribution is 5.95. The number of hydrogen-bond donors (Lipinski definition) is 2. The first-order valence-corrected chi connectivity index (χ1v) is 9.22. The Morgan fingerprint density at radius 1 is 1.08 bits per heavy atom. The Kier molecular flexibility index (Phi) is 7.29. The molecule has 1 unspecified atom stereocenters. The van der Waals surface area contributed by atoms with Gasteiger partial charge in [-0.2, -0.15) is 0 Å². The molecule has 0 fully saturated rings. The number of carbonyl (C=O) groups is 2. The Morgan fingerprint density at radius 2 is 1.72 bits per heavy atom. The fraction of sp³-hybridized carbons (Fsp3) is 0.600. The molecule has 2 rings (SSSR count). The molecule has 1 aromatic carbocycles. The summed E-state index contributed by atoms with van der Waals surface area (Å²) in [5.41, 5.74) is 0.837. The van der Waals surface area contributed by atoms with Crippen molar-refractivity contribution in [1.29, 1.82) is 0 Å². The molecule has 1 aromatic rings. The monoisotopic (exact) mass is 348 g/mol. The summed E-state index contributed by atoms with van der Waals surface area (Å²) < 4.78 is 5.40. The highest BCUT2D eigenvalue weighted by Crippen LogP contribution is 2.33. The third-order valence-corrected chi connectivity index (χ3v) is 4.66. The van der Waals surface area contributed by atoms with Crippen LogP contribution in [-0.2, 0) is 16.0 Å². The quantitative estimate of drug-likeness (QED) is 0.487. The van der Waals surface area contributed by atoms with Crippen molar-refractivity contribution in [2.75, 3.05) is 0 Å². The van der Waals surface area contributed by atoms with Gasteiger partial charge in [0.05, 0.1) is 0 Å². The lowest BCUT2D eigenvalue weighted by Crippen LogP contribution is -2.27. The van der Waals surface area contributed by atoms with Crippen molar-refractivity contribution < 1.29 is 24.5 Å². The Morgan fingerprint density at radius 3 is 2.40 bits per heavy atom. The lowest BCUT2D eigenvalue weighted by molar-refractivity contribution is -0.117. The molecular weight excluding hydrogens is 320 g/mol.